The number of ether oxygens (including phenoxy) is 2. The van der Waals surface area contributed by atoms with Crippen LogP contribution in [-0.4, -0.2) is 31.6 Å². The van der Waals surface area contributed by atoms with Crippen molar-refractivity contribution < 1.29 is 19.1 Å². The van der Waals surface area contributed by atoms with Gasteiger partial charge in [-0.2, -0.15) is 0 Å². The van der Waals surface area contributed by atoms with E-state index in [2.05, 4.69) is 5.32 Å². The zero-order chi connectivity index (χ0) is 19.1. The number of hydrogen-bond donors (Lipinski definition) is 1. The molecule has 2 aromatic carbocycles. The predicted molar refractivity (Wildman–Crippen MR) is 101 cm³/mol. The molecule has 0 aliphatic rings. The fourth-order valence-corrected chi connectivity index (χ4v) is 2.80. The Kier molecular flexibility index (Phi) is 7.30. The topological polar surface area (TPSA) is 64.6 Å². The van der Waals surface area contributed by atoms with Crippen molar-refractivity contribution in [3.63, 3.8) is 0 Å². The van der Waals surface area contributed by atoms with E-state index in [-0.39, 0.29) is 30.3 Å². The summed E-state index contributed by atoms with van der Waals surface area (Å²) in [6, 6.07) is 10.4. The molecule has 7 heteroatoms. The molecule has 0 fully saturated rings. The molecule has 0 heterocycles. The van der Waals surface area contributed by atoms with E-state index in [1.165, 1.54) is 12.1 Å². The molecular formula is C19H19Cl2NO4. The summed E-state index contributed by atoms with van der Waals surface area (Å²) in [6.45, 7) is 4.02. The van der Waals surface area contributed by atoms with Crippen molar-refractivity contribution in [1.82, 2.24) is 5.32 Å². The first-order valence-electron chi connectivity index (χ1n) is 7.95. The minimum Gasteiger partial charge on any atom is -0.490 e. The van der Waals surface area contributed by atoms with Gasteiger partial charge in [-0.3, -0.25) is 9.59 Å². The van der Waals surface area contributed by atoms with Crippen LogP contribution in [0.1, 0.15) is 21.5 Å². The average Bonchev–Trinajstić information content (AvgIpc) is 2.56. The summed E-state index contributed by atoms with van der Waals surface area (Å²) in [4.78, 5) is 23.7. The lowest BCUT2D eigenvalue weighted by Crippen LogP contribution is -2.31. The number of benzene rings is 2. The van der Waals surface area contributed by atoms with Crippen molar-refractivity contribution in [3.05, 3.63) is 63.1 Å². The Labute approximate surface area is 162 Å². The molecule has 0 radical (unpaired) electrons. The highest BCUT2D eigenvalue weighted by molar-refractivity contribution is 6.36. The van der Waals surface area contributed by atoms with Crippen molar-refractivity contribution in [2.24, 2.45) is 0 Å². The number of nitrogens with one attached hydrogen (secondary N) is 1. The lowest BCUT2D eigenvalue weighted by Gasteiger charge is -2.10. The van der Waals surface area contributed by atoms with Crippen molar-refractivity contribution >= 4 is 35.1 Å². The molecule has 26 heavy (non-hydrogen) atoms. The molecule has 0 spiro atoms. The van der Waals surface area contributed by atoms with E-state index < -0.39 is 11.9 Å². The normalized spacial score (nSPS) is 10.3. The van der Waals surface area contributed by atoms with Crippen LogP contribution in [0.25, 0.3) is 0 Å². The molecule has 5 nitrogen and oxygen atoms in total. The standard InChI is InChI=1S/C19H19Cl2NO4/c1-12-7-13(2)9-15(8-12)25-5-6-26-18(23)11-22-19(24)16-4-3-14(20)10-17(16)21/h3-4,7-10H,5-6,11H2,1-2H3,(H,22,24). The molecule has 0 unspecified atom stereocenters. The number of carbonyl (C=O) groups excluding carboxylic acids is 2. The number of halogens is 2. The van der Waals surface area contributed by atoms with Crippen LogP contribution in [0.3, 0.4) is 0 Å². The number of rotatable bonds is 7. The van der Waals surface area contributed by atoms with Crippen molar-refractivity contribution in [2.75, 3.05) is 19.8 Å². The summed E-state index contributed by atoms with van der Waals surface area (Å²) in [5.41, 5.74) is 2.43. The van der Waals surface area contributed by atoms with E-state index >= 15 is 0 Å². The smallest absolute Gasteiger partial charge is 0.325 e. The van der Waals surface area contributed by atoms with Crippen LogP contribution in [0.5, 0.6) is 5.75 Å². The first kappa shape index (κ1) is 20.1. The van der Waals surface area contributed by atoms with Crippen LogP contribution in [0.2, 0.25) is 10.0 Å². The third kappa shape index (κ3) is 6.24. The number of amides is 1. The Hall–Kier alpha value is -2.24. The Bertz CT molecular complexity index is 788. The Morgan fingerprint density at radius 3 is 2.35 bits per heavy atom. The molecule has 0 saturated carbocycles. The van der Waals surface area contributed by atoms with Crippen LogP contribution in [0, 0.1) is 13.8 Å². The molecule has 1 amide bonds. The van der Waals surface area contributed by atoms with Gasteiger partial charge in [-0.25, -0.2) is 0 Å². The fourth-order valence-electron chi connectivity index (χ4n) is 2.30. The summed E-state index contributed by atoms with van der Waals surface area (Å²) in [5, 5.41) is 3.09. The van der Waals surface area contributed by atoms with Gasteiger partial charge in [0, 0.05) is 5.02 Å². The quantitative estimate of drug-likeness (QED) is 0.569. The molecule has 0 saturated heterocycles. The van der Waals surface area contributed by atoms with Gasteiger partial charge in [0.05, 0.1) is 10.6 Å². The Morgan fingerprint density at radius 1 is 1.00 bits per heavy atom. The van der Waals surface area contributed by atoms with Gasteiger partial charge in [-0.1, -0.05) is 29.3 Å². The number of esters is 1. The number of carbonyl (C=O) groups is 2. The van der Waals surface area contributed by atoms with E-state index in [9.17, 15) is 9.59 Å². The predicted octanol–water partition coefficient (Wildman–Crippen LogP) is 3.96. The first-order chi connectivity index (χ1) is 12.3. The molecule has 2 rings (SSSR count). The molecule has 0 bridgehead atoms. The van der Waals surface area contributed by atoms with Gasteiger partial charge < -0.3 is 14.8 Å². The van der Waals surface area contributed by atoms with Crippen molar-refractivity contribution in [3.8, 4) is 5.75 Å². The second-order valence-corrected chi connectivity index (χ2v) is 6.54. The van der Waals surface area contributed by atoms with Crippen LogP contribution in [0.15, 0.2) is 36.4 Å². The van der Waals surface area contributed by atoms with Gasteiger partial charge in [-0.15, -0.1) is 0 Å². The van der Waals surface area contributed by atoms with E-state index in [0.29, 0.717) is 5.02 Å². The van der Waals surface area contributed by atoms with Gasteiger partial charge in [0.25, 0.3) is 5.91 Å². The van der Waals surface area contributed by atoms with E-state index in [1.807, 2.05) is 32.0 Å². The van der Waals surface area contributed by atoms with Crippen LogP contribution in [-0.2, 0) is 9.53 Å². The minimum absolute atomic E-state index is 0.0867. The van der Waals surface area contributed by atoms with Gasteiger partial charge in [0.1, 0.15) is 25.5 Å². The summed E-state index contributed by atoms with van der Waals surface area (Å²) in [6.07, 6.45) is 0. The zero-order valence-electron chi connectivity index (χ0n) is 14.5. The summed E-state index contributed by atoms with van der Waals surface area (Å²) < 4.78 is 10.6. The third-order valence-corrected chi connectivity index (χ3v) is 3.93. The highest BCUT2D eigenvalue weighted by atomic mass is 35.5. The number of aryl methyl sites for hydroxylation is 2. The largest absolute Gasteiger partial charge is 0.490 e. The molecule has 0 atom stereocenters. The molecule has 0 aliphatic carbocycles. The van der Waals surface area contributed by atoms with Gasteiger partial charge in [0.15, 0.2) is 0 Å². The monoisotopic (exact) mass is 395 g/mol. The van der Waals surface area contributed by atoms with Crippen LogP contribution < -0.4 is 10.1 Å². The maximum Gasteiger partial charge on any atom is 0.325 e. The first-order valence-corrected chi connectivity index (χ1v) is 8.70. The lowest BCUT2D eigenvalue weighted by molar-refractivity contribution is -0.143. The molecular weight excluding hydrogens is 377 g/mol. The SMILES string of the molecule is Cc1cc(C)cc(OCCOC(=O)CNC(=O)c2ccc(Cl)cc2Cl)c1. The molecule has 138 valence electrons. The van der Waals surface area contributed by atoms with E-state index in [1.54, 1.807) is 6.07 Å². The fraction of sp³-hybridized carbons (Fsp3) is 0.263. The third-order valence-electron chi connectivity index (χ3n) is 3.38. The molecule has 0 aromatic heterocycles. The highest BCUT2D eigenvalue weighted by Gasteiger charge is 2.12. The molecule has 2 aromatic rings. The Balaban J connectivity index is 1.71. The molecule has 0 aliphatic heterocycles. The zero-order valence-corrected chi connectivity index (χ0v) is 16.0. The van der Waals surface area contributed by atoms with Gasteiger partial charge >= 0.3 is 5.97 Å². The van der Waals surface area contributed by atoms with Crippen molar-refractivity contribution in [2.45, 2.75) is 13.8 Å². The minimum atomic E-state index is -0.563. The van der Waals surface area contributed by atoms with Crippen molar-refractivity contribution in [1.29, 1.82) is 0 Å². The summed E-state index contributed by atoms with van der Waals surface area (Å²) >= 11 is 11.7. The van der Waals surface area contributed by atoms with E-state index in [0.717, 1.165) is 16.9 Å². The number of hydrogen-bond acceptors (Lipinski definition) is 4. The van der Waals surface area contributed by atoms with Crippen LogP contribution >= 0.6 is 23.2 Å². The highest BCUT2D eigenvalue weighted by Crippen LogP contribution is 2.20. The van der Waals surface area contributed by atoms with E-state index in [4.69, 9.17) is 32.7 Å². The maximum atomic E-state index is 12.0. The van der Waals surface area contributed by atoms with Gasteiger partial charge in [-0.05, 0) is 55.3 Å². The van der Waals surface area contributed by atoms with Gasteiger partial charge in [0.2, 0.25) is 0 Å². The second kappa shape index (κ2) is 9.46. The maximum absolute atomic E-state index is 12.0. The second-order valence-electron chi connectivity index (χ2n) is 5.70. The summed E-state index contributed by atoms with van der Waals surface area (Å²) in [7, 11) is 0. The summed E-state index contributed by atoms with van der Waals surface area (Å²) in [5.74, 6) is -0.313. The average molecular weight is 396 g/mol. The van der Waals surface area contributed by atoms with Crippen LogP contribution in [0.4, 0.5) is 0 Å². The Morgan fingerprint density at radius 2 is 1.69 bits per heavy atom. The lowest BCUT2D eigenvalue weighted by atomic mass is 10.1. The molecule has 1 N–H and O–H groups in total.